The van der Waals surface area contributed by atoms with E-state index in [0.717, 1.165) is 16.7 Å². The van der Waals surface area contributed by atoms with Crippen LogP contribution in [-0.2, 0) is 16.1 Å². The van der Waals surface area contributed by atoms with Crippen molar-refractivity contribution in [2.45, 2.75) is 12.8 Å². The lowest BCUT2D eigenvalue weighted by molar-refractivity contribution is -0.136. The van der Waals surface area contributed by atoms with Crippen LogP contribution in [0.25, 0.3) is 0 Å². The van der Waals surface area contributed by atoms with Gasteiger partial charge in [-0.25, -0.2) is 0 Å². The smallest absolute Gasteiger partial charge is 0.303 e. The molecule has 30 heavy (non-hydrogen) atoms. The first-order valence-electron chi connectivity index (χ1n) is 9.46. The monoisotopic (exact) mass is 402 g/mol. The zero-order valence-electron chi connectivity index (χ0n) is 16.5. The fourth-order valence-corrected chi connectivity index (χ4v) is 2.98. The molecule has 0 unspecified atom stereocenters. The molecule has 0 fully saturated rings. The molecule has 0 saturated heterocycles. The Bertz CT molecular complexity index is 1040. The number of oxime groups is 1. The number of nitrogens with zero attached hydrogens (tertiary/aromatic N) is 1. The number of nitrogens with one attached hydrogen (secondary N) is 1. The number of hydrogen-bond donors (Lipinski definition) is 2. The summed E-state index contributed by atoms with van der Waals surface area (Å²) in [5, 5.41) is 15.8. The zero-order chi connectivity index (χ0) is 21.3. The van der Waals surface area contributed by atoms with Crippen molar-refractivity contribution in [3.05, 3.63) is 101 Å². The van der Waals surface area contributed by atoms with Gasteiger partial charge in [-0.1, -0.05) is 59.8 Å². The molecule has 6 heteroatoms. The molecule has 0 aliphatic heterocycles. The Morgan fingerprint density at radius 3 is 2.23 bits per heavy atom. The van der Waals surface area contributed by atoms with Crippen LogP contribution < -0.4 is 5.32 Å². The molecule has 0 bridgehead atoms. The molecule has 3 aromatic rings. The Morgan fingerprint density at radius 2 is 1.57 bits per heavy atom. The molecular weight excluding hydrogens is 380 g/mol. The van der Waals surface area contributed by atoms with Crippen LogP contribution in [-0.4, -0.2) is 29.8 Å². The summed E-state index contributed by atoms with van der Waals surface area (Å²) in [6, 6.07) is 23.9. The van der Waals surface area contributed by atoms with Crippen LogP contribution in [0.1, 0.15) is 33.5 Å². The summed E-state index contributed by atoms with van der Waals surface area (Å²) >= 11 is 0. The Morgan fingerprint density at radius 1 is 0.900 bits per heavy atom. The fourth-order valence-electron chi connectivity index (χ4n) is 2.98. The topological polar surface area (TPSA) is 88.0 Å². The second-order valence-corrected chi connectivity index (χ2v) is 6.61. The summed E-state index contributed by atoms with van der Waals surface area (Å²) in [6.45, 7) is 0. The summed E-state index contributed by atoms with van der Waals surface area (Å²) in [6.07, 6.45) is 0.526. The minimum atomic E-state index is -0.834. The Balaban J connectivity index is 1.76. The number of carboxylic acid groups (broad SMARTS) is 1. The number of anilines is 1. The van der Waals surface area contributed by atoms with E-state index in [1.165, 1.54) is 7.11 Å². The quantitative estimate of drug-likeness (QED) is 0.433. The van der Waals surface area contributed by atoms with Crippen LogP contribution >= 0.6 is 0 Å². The molecule has 6 nitrogen and oxygen atoms in total. The minimum absolute atomic E-state index is 0.0747. The largest absolute Gasteiger partial charge is 0.481 e. The highest BCUT2D eigenvalue weighted by Gasteiger charge is 2.12. The molecule has 0 radical (unpaired) electrons. The van der Waals surface area contributed by atoms with Gasteiger partial charge in [0.2, 0.25) is 0 Å². The standard InChI is InChI=1S/C24H22N2O4/c1-30-26-23(18-6-3-2-4-7-18)19-8-5-9-20(16-19)24(29)25-21-13-10-17(11-14-21)12-15-22(27)28/h2-11,13-14,16H,12,15H2,1H3,(H,25,29)(H,27,28)/b26-23-. The van der Waals surface area contributed by atoms with Gasteiger partial charge in [0, 0.05) is 28.8 Å². The zero-order valence-corrected chi connectivity index (χ0v) is 16.5. The number of carboxylic acids is 1. The van der Waals surface area contributed by atoms with E-state index in [2.05, 4.69) is 10.5 Å². The number of benzene rings is 3. The second-order valence-electron chi connectivity index (χ2n) is 6.61. The average molecular weight is 402 g/mol. The van der Waals surface area contributed by atoms with Gasteiger partial charge in [0.15, 0.2) is 0 Å². The van der Waals surface area contributed by atoms with E-state index < -0.39 is 5.97 Å². The van der Waals surface area contributed by atoms with Gasteiger partial charge in [-0.3, -0.25) is 9.59 Å². The van der Waals surface area contributed by atoms with Crippen molar-refractivity contribution in [2.24, 2.45) is 5.16 Å². The van der Waals surface area contributed by atoms with Crippen molar-refractivity contribution in [1.29, 1.82) is 0 Å². The summed E-state index contributed by atoms with van der Waals surface area (Å²) in [7, 11) is 1.49. The third kappa shape index (κ3) is 5.54. The summed E-state index contributed by atoms with van der Waals surface area (Å²) in [4.78, 5) is 28.4. The van der Waals surface area contributed by atoms with Crippen LogP contribution in [0.5, 0.6) is 0 Å². The Kier molecular flexibility index (Phi) is 6.95. The first-order valence-corrected chi connectivity index (χ1v) is 9.46. The van der Waals surface area contributed by atoms with E-state index in [-0.39, 0.29) is 12.3 Å². The lowest BCUT2D eigenvalue weighted by Gasteiger charge is -2.10. The normalized spacial score (nSPS) is 11.0. The molecule has 1 amide bonds. The molecule has 0 saturated carbocycles. The van der Waals surface area contributed by atoms with Crippen LogP contribution in [0.15, 0.2) is 84.0 Å². The van der Waals surface area contributed by atoms with Gasteiger partial charge in [0.25, 0.3) is 5.91 Å². The Hall–Kier alpha value is -3.93. The van der Waals surface area contributed by atoms with Crippen molar-refractivity contribution < 1.29 is 19.5 Å². The number of aliphatic carboxylic acids is 1. The number of carbonyl (C=O) groups is 2. The van der Waals surface area contributed by atoms with Crippen LogP contribution in [0.3, 0.4) is 0 Å². The third-order valence-corrected chi connectivity index (χ3v) is 4.47. The van der Waals surface area contributed by atoms with Crippen LogP contribution in [0, 0.1) is 0 Å². The molecule has 2 N–H and O–H groups in total. The van der Waals surface area contributed by atoms with Crippen molar-refractivity contribution >= 4 is 23.3 Å². The van der Waals surface area contributed by atoms with Crippen molar-refractivity contribution in [3.8, 4) is 0 Å². The predicted octanol–water partition coefficient (Wildman–Crippen LogP) is 4.35. The predicted molar refractivity (Wildman–Crippen MR) is 116 cm³/mol. The van der Waals surface area contributed by atoms with Gasteiger partial charge in [-0.05, 0) is 36.2 Å². The van der Waals surface area contributed by atoms with Crippen molar-refractivity contribution in [3.63, 3.8) is 0 Å². The maximum absolute atomic E-state index is 12.7. The highest BCUT2D eigenvalue weighted by Crippen LogP contribution is 2.16. The highest BCUT2D eigenvalue weighted by atomic mass is 16.6. The van der Waals surface area contributed by atoms with Gasteiger partial charge in [-0.15, -0.1) is 0 Å². The Labute approximate surface area is 174 Å². The molecule has 0 heterocycles. The van der Waals surface area contributed by atoms with Gasteiger partial charge in [-0.2, -0.15) is 0 Å². The number of amides is 1. The van der Waals surface area contributed by atoms with Crippen LogP contribution in [0.4, 0.5) is 5.69 Å². The molecule has 0 aromatic heterocycles. The molecule has 0 aliphatic rings. The van der Waals surface area contributed by atoms with E-state index in [1.807, 2.05) is 48.5 Å². The highest BCUT2D eigenvalue weighted by molar-refractivity contribution is 6.14. The number of aryl methyl sites for hydroxylation is 1. The van der Waals surface area contributed by atoms with Gasteiger partial charge in [0.1, 0.15) is 12.8 Å². The van der Waals surface area contributed by atoms with E-state index in [4.69, 9.17) is 9.94 Å². The van der Waals surface area contributed by atoms with Gasteiger partial charge < -0.3 is 15.3 Å². The van der Waals surface area contributed by atoms with Crippen molar-refractivity contribution in [2.75, 3.05) is 12.4 Å². The minimum Gasteiger partial charge on any atom is -0.481 e. The first-order chi connectivity index (χ1) is 14.6. The molecule has 3 aromatic carbocycles. The van der Waals surface area contributed by atoms with E-state index in [0.29, 0.717) is 23.4 Å². The molecule has 0 atom stereocenters. The second kappa shape index (κ2) is 10.0. The van der Waals surface area contributed by atoms with Crippen LogP contribution in [0.2, 0.25) is 0 Å². The molecule has 0 aliphatic carbocycles. The maximum Gasteiger partial charge on any atom is 0.303 e. The van der Waals surface area contributed by atoms with E-state index in [9.17, 15) is 9.59 Å². The average Bonchev–Trinajstić information content (AvgIpc) is 2.77. The number of carbonyl (C=O) groups excluding carboxylic acids is 1. The maximum atomic E-state index is 12.7. The lowest BCUT2D eigenvalue weighted by Crippen LogP contribution is -2.13. The number of hydrogen-bond acceptors (Lipinski definition) is 4. The third-order valence-electron chi connectivity index (χ3n) is 4.47. The molecule has 0 spiro atoms. The van der Waals surface area contributed by atoms with Gasteiger partial charge >= 0.3 is 5.97 Å². The molecule has 152 valence electrons. The number of rotatable bonds is 8. The fraction of sp³-hybridized carbons (Fsp3) is 0.125. The SMILES string of the molecule is CO/N=C(/c1ccccc1)c1cccc(C(=O)Nc2ccc(CCC(=O)O)cc2)c1. The lowest BCUT2D eigenvalue weighted by atomic mass is 10.0. The summed E-state index contributed by atoms with van der Waals surface area (Å²) in [5.74, 6) is -1.08. The molecule has 3 rings (SSSR count). The summed E-state index contributed by atoms with van der Waals surface area (Å²) < 4.78 is 0. The van der Waals surface area contributed by atoms with Crippen molar-refractivity contribution in [1.82, 2.24) is 0 Å². The molecular formula is C24H22N2O4. The summed E-state index contributed by atoms with van der Waals surface area (Å²) in [5.41, 5.74) is 4.31. The van der Waals surface area contributed by atoms with Gasteiger partial charge in [0.05, 0.1) is 0 Å². The van der Waals surface area contributed by atoms with E-state index >= 15 is 0 Å². The van der Waals surface area contributed by atoms with E-state index in [1.54, 1.807) is 30.3 Å². The first kappa shape index (κ1) is 20.8.